The molecule has 0 spiro atoms. The Hall–Kier alpha value is -1.53. The predicted molar refractivity (Wildman–Crippen MR) is 98.4 cm³/mol. The number of ether oxygens (including phenoxy) is 1. The summed E-state index contributed by atoms with van der Waals surface area (Å²) in [5.74, 6) is -0.222. The Morgan fingerprint density at radius 3 is 2.68 bits per heavy atom. The van der Waals surface area contributed by atoms with Crippen LogP contribution in [0.25, 0.3) is 10.9 Å². The van der Waals surface area contributed by atoms with Crippen LogP contribution in [0.2, 0.25) is 5.02 Å². The third-order valence-corrected chi connectivity index (χ3v) is 6.35. The highest BCUT2D eigenvalue weighted by atomic mass is 35.5. The van der Waals surface area contributed by atoms with Gasteiger partial charge in [-0.05, 0) is 31.0 Å². The lowest BCUT2D eigenvalue weighted by atomic mass is 9.95. The van der Waals surface area contributed by atoms with E-state index in [9.17, 15) is 9.59 Å². The first kappa shape index (κ1) is 16.9. The molecule has 5 nitrogen and oxygen atoms in total. The summed E-state index contributed by atoms with van der Waals surface area (Å²) in [6.45, 7) is 0.434. The number of nitrogens with zero attached hydrogens (tertiary/aromatic N) is 2. The molecule has 1 atom stereocenters. The van der Waals surface area contributed by atoms with Crippen LogP contribution in [-0.2, 0) is 9.53 Å². The molecular weight excluding hydrogens is 360 g/mol. The molecule has 1 saturated carbocycles. The minimum absolute atomic E-state index is 0.0394. The maximum absolute atomic E-state index is 13.2. The molecule has 2 fully saturated rings. The Morgan fingerprint density at radius 1 is 1.16 bits per heavy atom. The zero-order chi connectivity index (χ0) is 17.4. The third kappa shape index (κ3) is 3.29. The minimum Gasteiger partial charge on any atom is -0.465 e. The lowest BCUT2D eigenvalue weighted by Crippen LogP contribution is -2.29. The molecule has 0 N–H and O–H groups in total. The van der Waals surface area contributed by atoms with Gasteiger partial charge in [0.1, 0.15) is 5.25 Å². The predicted octanol–water partition coefficient (Wildman–Crippen LogP) is 3.96. The summed E-state index contributed by atoms with van der Waals surface area (Å²) >= 11 is 7.42. The van der Waals surface area contributed by atoms with Crippen LogP contribution in [0.4, 0.5) is 0 Å². The number of rotatable bonds is 3. The standard InChI is InChI=1S/C18H19ClN2O3S/c19-11-6-7-13-14(10-11)20-18(25-15-8-9-24-17(15)23)21(16(13)22)12-4-2-1-3-5-12/h6-7,10,12,15H,1-5,8-9H2. The monoisotopic (exact) mass is 378 g/mol. The van der Waals surface area contributed by atoms with Gasteiger partial charge in [-0.25, -0.2) is 4.98 Å². The first-order chi connectivity index (χ1) is 12.1. The number of esters is 1. The second-order valence-electron chi connectivity index (χ2n) is 6.59. The molecule has 1 aliphatic heterocycles. The summed E-state index contributed by atoms with van der Waals surface area (Å²) < 4.78 is 6.88. The average Bonchev–Trinajstić information content (AvgIpc) is 3.00. The van der Waals surface area contributed by atoms with Gasteiger partial charge in [0.2, 0.25) is 0 Å². The topological polar surface area (TPSA) is 61.2 Å². The molecule has 1 aromatic carbocycles. The number of hydrogen-bond acceptors (Lipinski definition) is 5. The van der Waals surface area contributed by atoms with Crippen LogP contribution in [0.3, 0.4) is 0 Å². The van der Waals surface area contributed by atoms with E-state index in [2.05, 4.69) is 0 Å². The highest BCUT2D eigenvalue weighted by molar-refractivity contribution is 8.00. The van der Waals surface area contributed by atoms with Gasteiger partial charge in [-0.15, -0.1) is 0 Å². The summed E-state index contributed by atoms with van der Waals surface area (Å²) in [5, 5.41) is 1.44. The Labute approximate surface area is 154 Å². The SMILES string of the molecule is O=C1OCCC1Sc1nc2cc(Cl)ccc2c(=O)n1C1CCCCC1. The highest BCUT2D eigenvalue weighted by Crippen LogP contribution is 2.34. The molecule has 7 heteroatoms. The Bertz CT molecular complexity index is 876. The zero-order valence-electron chi connectivity index (χ0n) is 13.7. The molecule has 1 unspecified atom stereocenters. The number of fused-ring (bicyclic) bond motifs is 1. The number of aromatic nitrogens is 2. The Morgan fingerprint density at radius 2 is 1.96 bits per heavy atom. The van der Waals surface area contributed by atoms with E-state index in [0.717, 1.165) is 25.7 Å². The molecular formula is C18H19ClN2O3S. The quantitative estimate of drug-likeness (QED) is 0.597. The number of carbonyl (C=O) groups excluding carboxylic acids is 1. The molecule has 1 aliphatic carbocycles. The van der Waals surface area contributed by atoms with Crippen LogP contribution >= 0.6 is 23.4 Å². The van der Waals surface area contributed by atoms with Crippen molar-refractivity contribution in [3.05, 3.63) is 33.6 Å². The fraction of sp³-hybridized carbons (Fsp3) is 0.500. The van der Waals surface area contributed by atoms with Gasteiger partial charge < -0.3 is 4.74 Å². The number of carbonyl (C=O) groups is 1. The molecule has 2 aliphatic rings. The van der Waals surface area contributed by atoms with Crippen molar-refractivity contribution in [1.82, 2.24) is 9.55 Å². The summed E-state index contributed by atoms with van der Waals surface area (Å²) in [7, 11) is 0. The van der Waals surface area contributed by atoms with Gasteiger partial charge in [0.15, 0.2) is 5.16 Å². The van der Waals surface area contributed by atoms with E-state index in [1.807, 2.05) is 4.57 Å². The van der Waals surface area contributed by atoms with Crippen molar-refractivity contribution in [2.45, 2.75) is 55.0 Å². The van der Waals surface area contributed by atoms with E-state index in [1.54, 1.807) is 18.2 Å². The molecule has 132 valence electrons. The third-order valence-electron chi connectivity index (χ3n) is 4.91. The minimum atomic E-state index is -0.293. The van der Waals surface area contributed by atoms with Crippen molar-refractivity contribution in [1.29, 1.82) is 0 Å². The van der Waals surface area contributed by atoms with Gasteiger partial charge in [-0.2, -0.15) is 0 Å². The summed E-state index contributed by atoms with van der Waals surface area (Å²) in [4.78, 5) is 29.8. The largest absolute Gasteiger partial charge is 0.465 e. The van der Waals surface area contributed by atoms with Crippen molar-refractivity contribution in [2.24, 2.45) is 0 Å². The van der Waals surface area contributed by atoms with Gasteiger partial charge in [-0.3, -0.25) is 14.2 Å². The molecule has 0 radical (unpaired) electrons. The van der Waals surface area contributed by atoms with E-state index in [1.165, 1.54) is 18.2 Å². The summed E-state index contributed by atoms with van der Waals surface area (Å²) in [6.07, 6.45) is 6.04. The Balaban J connectivity index is 1.84. The molecule has 4 rings (SSSR count). The van der Waals surface area contributed by atoms with E-state index in [4.69, 9.17) is 21.3 Å². The van der Waals surface area contributed by atoms with E-state index in [-0.39, 0.29) is 22.8 Å². The van der Waals surface area contributed by atoms with Crippen LogP contribution in [0.1, 0.15) is 44.6 Å². The summed E-state index contributed by atoms with van der Waals surface area (Å²) in [6, 6.07) is 5.32. The van der Waals surface area contributed by atoms with E-state index < -0.39 is 0 Å². The van der Waals surface area contributed by atoms with E-state index in [0.29, 0.717) is 34.1 Å². The maximum atomic E-state index is 13.2. The fourth-order valence-corrected chi connectivity index (χ4v) is 4.90. The van der Waals surface area contributed by atoms with Crippen molar-refractivity contribution >= 4 is 40.2 Å². The van der Waals surface area contributed by atoms with Gasteiger partial charge in [0, 0.05) is 17.5 Å². The van der Waals surface area contributed by atoms with E-state index >= 15 is 0 Å². The van der Waals surface area contributed by atoms with Gasteiger partial charge in [0.25, 0.3) is 5.56 Å². The van der Waals surface area contributed by atoms with Crippen molar-refractivity contribution in [3.63, 3.8) is 0 Å². The van der Waals surface area contributed by atoms with Gasteiger partial charge in [0.05, 0.1) is 17.5 Å². The van der Waals surface area contributed by atoms with Crippen molar-refractivity contribution < 1.29 is 9.53 Å². The number of cyclic esters (lactones) is 1. The van der Waals surface area contributed by atoms with Crippen LogP contribution in [0.5, 0.6) is 0 Å². The smallest absolute Gasteiger partial charge is 0.319 e. The molecule has 2 heterocycles. The van der Waals surface area contributed by atoms with Gasteiger partial charge >= 0.3 is 5.97 Å². The second kappa shape index (κ2) is 7.00. The lowest BCUT2D eigenvalue weighted by Gasteiger charge is -2.26. The molecule has 1 saturated heterocycles. The zero-order valence-corrected chi connectivity index (χ0v) is 15.3. The van der Waals surface area contributed by atoms with Crippen LogP contribution in [-0.4, -0.2) is 27.4 Å². The normalized spacial score (nSPS) is 21.6. The number of benzene rings is 1. The molecule has 25 heavy (non-hydrogen) atoms. The van der Waals surface area contributed by atoms with Crippen molar-refractivity contribution in [3.8, 4) is 0 Å². The van der Waals surface area contributed by atoms with Crippen LogP contribution < -0.4 is 5.56 Å². The lowest BCUT2D eigenvalue weighted by molar-refractivity contribution is -0.137. The Kier molecular flexibility index (Phi) is 4.73. The molecule has 1 aromatic heterocycles. The average molecular weight is 379 g/mol. The van der Waals surface area contributed by atoms with Crippen LogP contribution in [0.15, 0.2) is 28.2 Å². The number of thioether (sulfide) groups is 1. The first-order valence-corrected chi connectivity index (χ1v) is 9.94. The second-order valence-corrected chi connectivity index (χ2v) is 8.19. The number of halogens is 1. The molecule has 0 bridgehead atoms. The number of hydrogen-bond donors (Lipinski definition) is 0. The molecule has 0 amide bonds. The maximum Gasteiger partial charge on any atom is 0.319 e. The van der Waals surface area contributed by atoms with Crippen molar-refractivity contribution in [2.75, 3.05) is 6.61 Å². The van der Waals surface area contributed by atoms with Gasteiger partial charge in [-0.1, -0.05) is 42.6 Å². The fourth-order valence-electron chi connectivity index (χ4n) is 3.61. The highest BCUT2D eigenvalue weighted by Gasteiger charge is 2.31. The first-order valence-electron chi connectivity index (χ1n) is 8.68. The van der Waals surface area contributed by atoms with Crippen LogP contribution in [0, 0.1) is 0 Å². The molecule has 2 aromatic rings. The summed E-state index contributed by atoms with van der Waals surface area (Å²) in [5.41, 5.74) is 0.542.